The Hall–Kier alpha value is -2.91. The summed E-state index contributed by atoms with van der Waals surface area (Å²) >= 11 is 1.21. The number of benzene rings is 2. The molecule has 3 fully saturated rings. The normalized spacial score (nSPS) is 21.2. The molecule has 0 amide bonds. The van der Waals surface area contributed by atoms with Crippen LogP contribution in [0.5, 0.6) is 5.75 Å². The van der Waals surface area contributed by atoms with Gasteiger partial charge in [-0.2, -0.15) is 26.3 Å². The molecule has 14 heteroatoms. The highest BCUT2D eigenvalue weighted by Gasteiger charge is 2.50. The van der Waals surface area contributed by atoms with Gasteiger partial charge in [-0.25, -0.2) is 0 Å². The Kier molecular flexibility index (Phi) is 9.77. The molecule has 3 aromatic rings. The van der Waals surface area contributed by atoms with Gasteiger partial charge in [0.15, 0.2) is 6.61 Å². The molecule has 260 valence electrons. The second-order valence-electron chi connectivity index (χ2n) is 13.5. The van der Waals surface area contributed by atoms with E-state index >= 15 is 0 Å². The van der Waals surface area contributed by atoms with Crippen LogP contribution in [0.4, 0.5) is 37.7 Å². The van der Waals surface area contributed by atoms with Crippen LogP contribution in [0.3, 0.4) is 0 Å². The van der Waals surface area contributed by atoms with Crippen LogP contribution in [0.15, 0.2) is 36.4 Å². The van der Waals surface area contributed by atoms with Crippen molar-refractivity contribution in [3.05, 3.63) is 46.8 Å². The predicted octanol–water partition coefficient (Wildman–Crippen LogP) is 7.71. The van der Waals surface area contributed by atoms with Crippen LogP contribution < -0.4 is 20.7 Å². The third-order valence-electron chi connectivity index (χ3n) is 9.21. The average molecular weight is 714 g/mol. The van der Waals surface area contributed by atoms with Gasteiger partial charge in [-0.15, -0.1) is 11.3 Å². The molecule has 0 radical (unpaired) electrons. The van der Waals surface area contributed by atoms with E-state index in [-0.39, 0.29) is 34.5 Å². The SMILES string of the molecule is CP(C)(=O)c1ccc(NCC#Cc2sc3c(NC4CCC(N5CC6(COC6)C5)CC4)cccc3c2CC(F)(F)F)c(OCC(F)(F)F)c1. The van der Waals surface area contributed by atoms with Gasteiger partial charge in [0.2, 0.25) is 0 Å². The quantitative estimate of drug-likeness (QED) is 0.135. The maximum atomic E-state index is 13.7. The highest BCUT2D eigenvalue weighted by Crippen LogP contribution is 2.43. The second kappa shape index (κ2) is 13.4. The number of thiophene rings is 1. The molecule has 3 aliphatic rings. The van der Waals surface area contributed by atoms with E-state index in [4.69, 9.17) is 9.47 Å². The molecule has 2 saturated heterocycles. The number of hydrogen-bond acceptors (Lipinski definition) is 7. The summed E-state index contributed by atoms with van der Waals surface area (Å²) in [5.74, 6) is 5.59. The Balaban J connectivity index is 1.16. The monoisotopic (exact) mass is 713 g/mol. The molecule has 1 aliphatic carbocycles. The molecule has 1 spiro atoms. The summed E-state index contributed by atoms with van der Waals surface area (Å²) < 4.78 is 104. The summed E-state index contributed by atoms with van der Waals surface area (Å²) in [7, 11) is -2.78. The molecule has 2 aromatic carbocycles. The number of fused-ring (bicyclic) bond motifs is 1. The van der Waals surface area contributed by atoms with Gasteiger partial charge >= 0.3 is 12.4 Å². The summed E-state index contributed by atoms with van der Waals surface area (Å²) in [6.07, 6.45) is -6.07. The van der Waals surface area contributed by atoms with Crippen molar-refractivity contribution in [3.8, 4) is 17.6 Å². The number of hydrogen-bond donors (Lipinski definition) is 2. The first-order valence-corrected chi connectivity index (χ1v) is 19.3. The number of halogens is 6. The largest absolute Gasteiger partial charge is 0.482 e. The van der Waals surface area contributed by atoms with Crippen LogP contribution in [-0.2, 0) is 15.7 Å². The summed E-state index contributed by atoms with van der Waals surface area (Å²) in [4.78, 5) is 2.84. The highest BCUT2D eigenvalue weighted by atomic mass is 32.1. The fourth-order valence-electron chi connectivity index (χ4n) is 6.75. The van der Waals surface area contributed by atoms with Crippen LogP contribution in [-0.4, -0.2) is 82.1 Å². The van der Waals surface area contributed by atoms with Gasteiger partial charge in [-0.3, -0.25) is 4.90 Å². The van der Waals surface area contributed by atoms with Crippen molar-refractivity contribution in [1.82, 2.24) is 4.90 Å². The van der Waals surface area contributed by atoms with Crippen molar-refractivity contribution in [2.24, 2.45) is 5.41 Å². The zero-order chi connectivity index (χ0) is 34.3. The number of likely N-dealkylation sites (tertiary alicyclic amines) is 1. The van der Waals surface area contributed by atoms with Gasteiger partial charge in [-0.05, 0) is 74.2 Å². The lowest BCUT2D eigenvalue weighted by Crippen LogP contribution is -2.68. The number of ether oxygens (including phenoxy) is 2. The van der Waals surface area contributed by atoms with Gasteiger partial charge in [0.1, 0.15) is 12.9 Å². The molecule has 0 atom stereocenters. The Morgan fingerprint density at radius 3 is 2.38 bits per heavy atom. The van der Waals surface area contributed by atoms with Crippen molar-refractivity contribution < 1.29 is 40.4 Å². The molecule has 2 N–H and O–H groups in total. The maximum Gasteiger partial charge on any atom is 0.422 e. The molecule has 6 rings (SSSR count). The Morgan fingerprint density at radius 1 is 1.02 bits per heavy atom. The Morgan fingerprint density at radius 2 is 1.75 bits per heavy atom. The smallest absolute Gasteiger partial charge is 0.422 e. The van der Waals surface area contributed by atoms with Gasteiger partial charge < -0.3 is 24.7 Å². The number of anilines is 2. The Labute approximate surface area is 279 Å². The van der Waals surface area contributed by atoms with Crippen LogP contribution in [0, 0.1) is 17.3 Å². The lowest BCUT2D eigenvalue weighted by Gasteiger charge is -2.58. The number of nitrogens with zero attached hydrogens (tertiary/aromatic N) is 1. The fraction of sp³-hybridized carbons (Fsp3) is 0.529. The van der Waals surface area contributed by atoms with Crippen LogP contribution in [0.1, 0.15) is 36.1 Å². The molecular formula is C34H38F6N3O3PS. The predicted molar refractivity (Wildman–Crippen MR) is 179 cm³/mol. The molecule has 2 aliphatic heterocycles. The number of rotatable bonds is 9. The van der Waals surface area contributed by atoms with E-state index in [1.807, 2.05) is 6.07 Å². The first kappa shape index (κ1) is 34.9. The van der Waals surface area contributed by atoms with E-state index in [0.717, 1.165) is 57.7 Å². The minimum Gasteiger partial charge on any atom is -0.482 e. The zero-order valence-electron chi connectivity index (χ0n) is 26.7. The fourth-order valence-corrected chi connectivity index (χ4v) is 8.78. The molecule has 48 heavy (non-hydrogen) atoms. The van der Waals surface area contributed by atoms with Crippen LogP contribution in [0.25, 0.3) is 10.1 Å². The zero-order valence-corrected chi connectivity index (χ0v) is 28.4. The summed E-state index contributed by atoms with van der Waals surface area (Å²) in [6.45, 7) is 5.32. The van der Waals surface area contributed by atoms with Crippen molar-refractivity contribution in [3.63, 3.8) is 0 Å². The third kappa shape index (κ3) is 8.27. The lowest BCUT2D eigenvalue weighted by molar-refractivity contribution is -0.200. The average Bonchev–Trinajstić information content (AvgIpc) is 3.29. The summed E-state index contributed by atoms with van der Waals surface area (Å²) in [6, 6.07) is 10.4. The standard InChI is InChI=1S/C34H38F6N3O3PS/c1-47(2,44)24-12-13-27(29(15-24)46-21-34(38,39)40)41-14-4-7-30-26(16-33(35,36)37)25-5-3-6-28(31(25)48-30)42-22-8-10-23(11-9-22)43-17-32(18-43)19-45-20-32/h3,5-6,12-13,15,22-23,41-42H,8-11,14,16-21H2,1-2H3. The van der Waals surface area contributed by atoms with Crippen LogP contribution >= 0.6 is 18.5 Å². The van der Waals surface area contributed by atoms with Crippen LogP contribution in [0.2, 0.25) is 0 Å². The van der Waals surface area contributed by atoms with E-state index in [2.05, 4.69) is 27.4 Å². The van der Waals surface area contributed by atoms with Gasteiger partial charge in [-0.1, -0.05) is 24.0 Å². The molecule has 0 unspecified atom stereocenters. The molecule has 1 aromatic heterocycles. The van der Waals surface area contributed by atoms with Crippen molar-refractivity contribution in [2.45, 2.75) is 56.5 Å². The van der Waals surface area contributed by atoms with Gasteiger partial charge in [0, 0.05) is 35.9 Å². The summed E-state index contributed by atoms with van der Waals surface area (Å²) in [5.41, 5.74) is 1.48. The molecule has 6 nitrogen and oxygen atoms in total. The van der Waals surface area contributed by atoms with E-state index < -0.39 is 32.5 Å². The van der Waals surface area contributed by atoms with Crippen molar-refractivity contribution >= 4 is 45.2 Å². The highest BCUT2D eigenvalue weighted by molar-refractivity contribution is 7.70. The molecular weight excluding hydrogens is 675 g/mol. The number of alkyl halides is 6. The van der Waals surface area contributed by atoms with E-state index in [0.29, 0.717) is 26.8 Å². The van der Waals surface area contributed by atoms with Crippen molar-refractivity contribution in [1.29, 1.82) is 0 Å². The topological polar surface area (TPSA) is 62.8 Å². The van der Waals surface area contributed by atoms with E-state index in [9.17, 15) is 30.9 Å². The first-order chi connectivity index (χ1) is 22.6. The van der Waals surface area contributed by atoms with Crippen molar-refractivity contribution in [2.75, 3.05) is 63.4 Å². The molecule has 3 heterocycles. The lowest BCUT2D eigenvalue weighted by atomic mass is 9.75. The van der Waals surface area contributed by atoms with Gasteiger partial charge in [0.05, 0.1) is 47.1 Å². The third-order valence-corrected chi connectivity index (χ3v) is 11.9. The minimum atomic E-state index is -4.58. The maximum absolute atomic E-state index is 13.7. The summed E-state index contributed by atoms with van der Waals surface area (Å²) in [5, 5.41) is 7.37. The number of nitrogens with one attached hydrogen (secondary N) is 2. The second-order valence-corrected chi connectivity index (χ2v) is 17.8. The van der Waals surface area contributed by atoms with E-state index in [1.165, 1.54) is 42.9 Å². The molecule has 1 saturated carbocycles. The van der Waals surface area contributed by atoms with Gasteiger partial charge in [0.25, 0.3) is 0 Å². The Bertz CT molecular complexity index is 1740. The first-order valence-electron chi connectivity index (χ1n) is 15.9. The van der Waals surface area contributed by atoms with E-state index in [1.54, 1.807) is 12.1 Å². The minimum absolute atomic E-state index is 0.0726. The molecule has 0 bridgehead atoms.